The highest BCUT2D eigenvalue weighted by Gasteiger charge is 2.11. The molecule has 2 aromatic heterocycles. The van der Waals surface area contributed by atoms with Crippen LogP contribution >= 0.6 is 0 Å². The van der Waals surface area contributed by atoms with Gasteiger partial charge in [0.15, 0.2) is 5.78 Å². The zero-order valence-electron chi connectivity index (χ0n) is 12.8. The van der Waals surface area contributed by atoms with Crippen molar-refractivity contribution in [1.82, 2.24) is 9.97 Å². The van der Waals surface area contributed by atoms with Gasteiger partial charge in [-0.25, -0.2) is 4.98 Å². The molecule has 1 amide bonds. The Balaban J connectivity index is 1.90. The summed E-state index contributed by atoms with van der Waals surface area (Å²) in [6, 6.07) is 8.68. The zero-order valence-corrected chi connectivity index (χ0v) is 12.8. The topological polar surface area (TPSA) is 101 Å². The van der Waals surface area contributed by atoms with E-state index in [0.717, 1.165) is 10.9 Å². The lowest BCUT2D eigenvalue weighted by molar-refractivity contribution is 0.101. The van der Waals surface area contributed by atoms with Gasteiger partial charge in [-0.2, -0.15) is 0 Å². The molecule has 6 heteroatoms. The Morgan fingerprint density at radius 3 is 2.74 bits per heavy atom. The molecule has 0 aliphatic carbocycles. The van der Waals surface area contributed by atoms with Gasteiger partial charge in [-0.1, -0.05) is 6.07 Å². The fourth-order valence-corrected chi connectivity index (χ4v) is 2.36. The van der Waals surface area contributed by atoms with Crippen LogP contribution in [0.15, 0.2) is 36.5 Å². The summed E-state index contributed by atoms with van der Waals surface area (Å²) in [5.41, 5.74) is 9.27. The van der Waals surface area contributed by atoms with Crippen molar-refractivity contribution in [3.8, 4) is 0 Å². The number of benzene rings is 1. The Kier molecular flexibility index (Phi) is 3.57. The number of nitrogens with zero attached hydrogens (tertiary/aromatic N) is 1. The van der Waals surface area contributed by atoms with Gasteiger partial charge in [0.25, 0.3) is 5.91 Å². The quantitative estimate of drug-likeness (QED) is 0.511. The molecule has 0 aliphatic heterocycles. The standard InChI is InChI=1S/C17H16N4O2/c1-9-3-4-12(18)7-14(9)17(23)20-13-5-11-6-15(10(2)22)21-16(11)19-8-13/h3-8H,18H2,1-2H3,(H,19,21)(H,20,23). The van der Waals surface area contributed by atoms with Crippen LogP contribution in [0.25, 0.3) is 11.0 Å². The summed E-state index contributed by atoms with van der Waals surface area (Å²) in [6.07, 6.45) is 1.54. The normalized spacial score (nSPS) is 10.7. The number of hydrogen-bond donors (Lipinski definition) is 3. The molecular formula is C17H16N4O2. The number of aromatic amines is 1. The second-order valence-electron chi connectivity index (χ2n) is 5.43. The lowest BCUT2D eigenvalue weighted by atomic mass is 10.1. The first-order chi connectivity index (χ1) is 10.9. The third-order valence-electron chi connectivity index (χ3n) is 3.61. The monoisotopic (exact) mass is 308 g/mol. The van der Waals surface area contributed by atoms with E-state index in [9.17, 15) is 9.59 Å². The summed E-state index contributed by atoms with van der Waals surface area (Å²) in [5.74, 6) is -0.317. The van der Waals surface area contributed by atoms with E-state index >= 15 is 0 Å². The minimum absolute atomic E-state index is 0.0658. The third-order valence-corrected chi connectivity index (χ3v) is 3.61. The molecule has 0 fully saturated rings. The molecule has 23 heavy (non-hydrogen) atoms. The Morgan fingerprint density at radius 1 is 1.22 bits per heavy atom. The highest BCUT2D eigenvalue weighted by molar-refractivity contribution is 6.06. The van der Waals surface area contributed by atoms with E-state index in [2.05, 4.69) is 15.3 Å². The van der Waals surface area contributed by atoms with Gasteiger partial charge in [0.05, 0.1) is 17.6 Å². The average molecular weight is 308 g/mol. The minimum Gasteiger partial charge on any atom is -0.399 e. The van der Waals surface area contributed by atoms with Gasteiger partial charge in [0.2, 0.25) is 0 Å². The first-order valence-corrected chi connectivity index (χ1v) is 7.11. The van der Waals surface area contributed by atoms with Crippen molar-refractivity contribution in [2.75, 3.05) is 11.1 Å². The number of H-pyrrole nitrogens is 1. The maximum absolute atomic E-state index is 12.4. The Labute approximate surface area is 132 Å². The number of rotatable bonds is 3. The number of ketones is 1. The molecule has 0 saturated heterocycles. The van der Waals surface area contributed by atoms with Crippen molar-refractivity contribution in [1.29, 1.82) is 0 Å². The Bertz CT molecular complexity index is 927. The molecule has 2 heterocycles. The van der Waals surface area contributed by atoms with Crippen LogP contribution in [-0.4, -0.2) is 21.7 Å². The number of aromatic nitrogens is 2. The SMILES string of the molecule is CC(=O)c1cc2cc(NC(=O)c3cc(N)ccc3C)cnc2[nH]1. The number of amides is 1. The van der Waals surface area contributed by atoms with Crippen LogP contribution in [0.5, 0.6) is 0 Å². The second-order valence-corrected chi connectivity index (χ2v) is 5.43. The van der Waals surface area contributed by atoms with E-state index < -0.39 is 0 Å². The smallest absolute Gasteiger partial charge is 0.256 e. The van der Waals surface area contributed by atoms with Crippen LogP contribution in [0, 0.1) is 6.92 Å². The van der Waals surface area contributed by atoms with E-state index in [4.69, 9.17) is 5.73 Å². The van der Waals surface area contributed by atoms with E-state index in [1.807, 2.05) is 6.92 Å². The molecule has 0 radical (unpaired) electrons. The van der Waals surface area contributed by atoms with E-state index in [1.54, 1.807) is 36.5 Å². The molecule has 4 N–H and O–H groups in total. The zero-order chi connectivity index (χ0) is 16.6. The lowest BCUT2D eigenvalue weighted by Gasteiger charge is -2.08. The average Bonchev–Trinajstić information content (AvgIpc) is 2.93. The first kappa shape index (κ1) is 14.8. The lowest BCUT2D eigenvalue weighted by Crippen LogP contribution is -2.13. The van der Waals surface area contributed by atoms with Gasteiger partial charge < -0.3 is 16.0 Å². The molecule has 3 rings (SSSR count). The molecule has 116 valence electrons. The number of carbonyl (C=O) groups excluding carboxylic acids is 2. The minimum atomic E-state index is -0.252. The fraction of sp³-hybridized carbons (Fsp3) is 0.118. The van der Waals surface area contributed by atoms with Crippen LogP contribution in [-0.2, 0) is 0 Å². The number of Topliss-reactive ketones (excluding diaryl/α,β-unsaturated/α-hetero) is 1. The van der Waals surface area contributed by atoms with Gasteiger partial charge in [-0.3, -0.25) is 9.59 Å². The summed E-state index contributed by atoms with van der Waals surface area (Å²) in [6.45, 7) is 3.33. The molecular weight excluding hydrogens is 292 g/mol. The molecule has 0 spiro atoms. The summed E-state index contributed by atoms with van der Waals surface area (Å²) >= 11 is 0. The molecule has 1 aromatic carbocycles. The predicted octanol–water partition coefficient (Wildman–Crippen LogP) is 2.91. The Hall–Kier alpha value is -3.15. The van der Waals surface area contributed by atoms with Gasteiger partial charge in [0.1, 0.15) is 5.65 Å². The van der Waals surface area contributed by atoms with Crippen molar-refractivity contribution in [2.45, 2.75) is 13.8 Å². The van der Waals surface area contributed by atoms with Crippen LogP contribution in [0.4, 0.5) is 11.4 Å². The number of nitrogen functional groups attached to an aromatic ring is 1. The number of pyridine rings is 1. The molecule has 0 aliphatic rings. The molecule has 6 nitrogen and oxygen atoms in total. The highest BCUT2D eigenvalue weighted by Crippen LogP contribution is 2.20. The summed E-state index contributed by atoms with van der Waals surface area (Å²) in [7, 11) is 0. The van der Waals surface area contributed by atoms with Crippen LogP contribution in [0.3, 0.4) is 0 Å². The largest absolute Gasteiger partial charge is 0.399 e. The molecule has 0 atom stereocenters. The number of nitrogens with two attached hydrogens (primary N) is 1. The van der Waals surface area contributed by atoms with Gasteiger partial charge in [-0.15, -0.1) is 0 Å². The van der Waals surface area contributed by atoms with Crippen molar-refractivity contribution in [3.63, 3.8) is 0 Å². The van der Waals surface area contributed by atoms with Crippen molar-refractivity contribution in [2.24, 2.45) is 0 Å². The Morgan fingerprint density at radius 2 is 2.00 bits per heavy atom. The molecule has 0 saturated carbocycles. The van der Waals surface area contributed by atoms with Crippen molar-refractivity contribution in [3.05, 3.63) is 53.3 Å². The summed E-state index contributed by atoms with van der Waals surface area (Å²) in [5, 5.41) is 3.56. The number of hydrogen-bond acceptors (Lipinski definition) is 4. The molecule has 3 aromatic rings. The number of nitrogens with one attached hydrogen (secondary N) is 2. The third kappa shape index (κ3) is 2.91. The fourth-order valence-electron chi connectivity index (χ4n) is 2.36. The summed E-state index contributed by atoms with van der Waals surface area (Å²) < 4.78 is 0. The molecule has 0 bridgehead atoms. The van der Waals surface area contributed by atoms with Crippen molar-refractivity contribution >= 4 is 34.1 Å². The number of carbonyl (C=O) groups is 2. The van der Waals surface area contributed by atoms with Gasteiger partial charge in [-0.05, 0) is 36.8 Å². The number of aryl methyl sites for hydroxylation is 1. The second kappa shape index (κ2) is 5.57. The van der Waals surface area contributed by atoms with Crippen LogP contribution in [0.2, 0.25) is 0 Å². The highest BCUT2D eigenvalue weighted by atomic mass is 16.1. The van der Waals surface area contributed by atoms with Crippen LogP contribution < -0.4 is 11.1 Å². The predicted molar refractivity (Wildman–Crippen MR) is 89.6 cm³/mol. The van der Waals surface area contributed by atoms with Crippen molar-refractivity contribution < 1.29 is 9.59 Å². The van der Waals surface area contributed by atoms with Gasteiger partial charge >= 0.3 is 0 Å². The maximum atomic E-state index is 12.4. The van der Waals surface area contributed by atoms with Crippen LogP contribution in [0.1, 0.15) is 33.3 Å². The number of anilines is 2. The summed E-state index contributed by atoms with van der Waals surface area (Å²) in [4.78, 5) is 30.9. The molecule has 0 unspecified atom stereocenters. The van der Waals surface area contributed by atoms with E-state index in [0.29, 0.717) is 28.3 Å². The first-order valence-electron chi connectivity index (χ1n) is 7.11. The van der Waals surface area contributed by atoms with Gasteiger partial charge in [0, 0.05) is 23.6 Å². The van der Waals surface area contributed by atoms with E-state index in [1.165, 1.54) is 6.92 Å². The van der Waals surface area contributed by atoms with E-state index in [-0.39, 0.29) is 11.7 Å². The maximum Gasteiger partial charge on any atom is 0.256 e. The number of fused-ring (bicyclic) bond motifs is 1.